The summed E-state index contributed by atoms with van der Waals surface area (Å²) in [5.74, 6) is 2.49. The Labute approximate surface area is 200 Å². The average molecular weight is 455 g/mol. The molecule has 5 rings (SSSR count). The summed E-state index contributed by atoms with van der Waals surface area (Å²) in [6.45, 7) is 9.44. The minimum atomic E-state index is -0.0237. The highest BCUT2D eigenvalue weighted by molar-refractivity contribution is 6.04. The summed E-state index contributed by atoms with van der Waals surface area (Å²) >= 11 is 0. The van der Waals surface area contributed by atoms with E-state index in [0.717, 1.165) is 45.3 Å². The molecule has 0 radical (unpaired) electrons. The molecule has 2 aliphatic heterocycles. The van der Waals surface area contributed by atoms with Crippen molar-refractivity contribution in [2.24, 2.45) is 4.99 Å². The molecule has 0 atom stereocenters. The van der Waals surface area contributed by atoms with Crippen LogP contribution in [-0.2, 0) is 6.54 Å². The number of amidine groups is 1. The monoisotopic (exact) mass is 454 g/mol. The molecule has 3 aromatic rings. The smallest absolute Gasteiger partial charge is 0.317 e. The van der Waals surface area contributed by atoms with E-state index < -0.39 is 0 Å². The van der Waals surface area contributed by atoms with E-state index in [9.17, 15) is 4.79 Å². The zero-order valence-electron chi connectivity index (χ0n) is 20.0. The number of nitrogens with one attached hydrogen (secondary N) is 1. The molecular formula is C28H30N4O2. The Morgan fingerprint density at radius 2 is 1.62 bits per heavy atom. The molecule has 0 bridgehead atoms. The van der Waals surface area contributed by atoms with E-state index in [1.807, 2.05) is 35.2 Å². The zero-order chi connectivity index (χ0) is 23.7. The van der Waals surface area contributed by atoms with Crippen LogP contribution in [0, 0.1) is 20.8 Å². The van der Waals surface area contributed by atoms with E-state index >= 15 is 0 Å². The maximum Gasteiger partial charge on any atom is 0.317 e. The number of nitrogens with zero attached hydrogens (tertiary/aromatic N) is 3. The Balaban J connectivity index is 1.32. The Kier molecular flexibility index (Phi) is 5.97. The maximum absolute atomic E-state index is 12.8. The van der Waals surface area contributed by atoms with Gasteiger partial charge in [-0.1, -0.05) is 47.5 Å². The fraction of sp³-hybridized carbons (Fsp3) is 0.286. The first-order valence-corrected chi connectivity index (χ1v) is 11.8. The van der Waals surface area contributed by atoms with Crippen LogP contribution in [0.3, 0.4) is 0 Å². The molecule has 0 aliphatic carbocycles. The number of urea groups is 1. The first-order valence-electron chi connectivity index (χ1n) is 11.8. The molecular weight excluding hydrogens is 424 g/mol. The third kappa shape index (κ3) is 4.62. The van der Waals surface area contributed by atoms with Gasteiger partial charge in [-0.25, -0.2) is 9.79 Å². The van der Waals surface area contributed by atoms with Crippen LogP contribution in [0.15, 0.2) is 65.7 Å². The van der Waals surface area contributed by atoms with Crippen LogP contribution in [0.25, 0.3) is 0 Å². The molecule has 34 heavy (non-hydrogen) atoms. The number of rotatable bonds is 2. The van der Waals surface area contributed by atoms with E-state index in [-0.39, 0.29) is 6.03 Å². The van der Waals surface area contributed by atoms with E-state index in [2.05, 4.69) is 61.3 Å². The van der Waals surface area contributed by atoms with Gasteiger partial charge >= 0.3 is 6.03 Å². The van der Waals surface area contributed by atoms with Crippen LogP contribution in [0.2, 0.25) is 0 Å². The molecule has 2 aliphatic rings. The Morgan fingerprint density at radius 3 is 2.41 bits per heavy atom. The van der Waals surface area contributed by atoms with Crippen molar-refractivity contribution in [3.05, 3.63) is 88.5 Å². The van der Waals surface area contributed by atoms with Crippen molar-refractivity contribution in [1.29, 1.82) is 0 Å². The number of benzene rings is 3. The standard InChI is InChI=1S/C28H30N4O2/c1-19-5-4-6-22(15-19)18-29-28(33)32-13-11-31(12-14-32)27-23-16-20(2)8-10-25(23)34-26-17-21(3)7-9-24(26)30-27/h4-10,15-17H,11-14,18H2,1-3H3,(H,29,33). The highest BCUT2D eigenvalue weighted by Gasteiger charge is 2.27. The average Bonchev–Trinajstić information content (AvgIpc) is 2.99. The van der Waals surface area contributed by atoms with Crippen LogP contribution in [-0.4, -0.2) is 47.8 Å². The highest BCUT2D eigenvalue weighted by atomic mass is 16.5. The van der Waals surface area contributed by atoms with Crippen LogP contribution >= 0.6 is 0 Å². The number of piperazine rings is 1. The van der Waals surface area contributed by atoms with E-state index in [1.54, 1.807) is 0 Å². The lowest BCUT2D eigenvalue weighted by atomic mass is 10.1. The number of hydrogen-bond acceptors (Lipinski definition) is 4. The van der Waals surface area contributed by atoms with Gasteiger partial charge in [0.1, 0.15) is 17.3 Å². The van der Waals surface area contributed by atoms with Crippen molar-refractivity contribution in [1.82, 2.24) is 15.1 Å². The summed E-state index contributed by atoms with van der Waals surface area (Å²) in [5, 5.41) is 3.06. The van der Waals surface area contributed by atoms with Crippen molar-refractivity contribution in [3.63, 3.8) is 0 Å². The molecule has 174 valence electrons. The Bertz CT molecular complexity index is 1260. The van der Waals surface area contributed by atoms with Crippen LogP contribution < -0.4 is 10.1 Å². The molecule has 1 saturated heterocycles. The molecule has 2 amide bonds. The SMILES string of the molecule is Cc1cccc(CNC(=O)N2CCN(C3=Nc4ccc(C)cc4Oc4ccc(C)cc43)CC2)c1. The van der Waals surface area contributed by atoms with Gasteiger partial charge in [0, 0.05) is 32.7 Å². The second kappa shape index (κ2) is 9.21. The predicted octanol–water partition coefficient (Wildman–Crippen LogP) is 5.32. The molecule has 1 N–H and O–H groups in total. The summed E-state index contributed by atoms with van der Waals surface area (Å²) in [6.07, 6.45) is 0. The number of ether oxygens (including phenoxy) is 1. The number of carbonyl (C=O) groups excluding carboxylic acids is 1. The molecule has 1 fully saturated rings. The van der Waals surface area contributed by atoms with Gasteiger partial charge in [0.25, 0.3) is 0 Å². The third-order valence-electron chi connectivity index (χ3n) is 6.33. The van der Waals surface area contributed by atoms with E-state index in [1.165, 1.54) is 5.56 Å². The lowest BCUT2D eigenvalue weighted by Gasteiger charge is -2.36. The molecule has 2 heterocycles. The van der Waals surface area contributed by atoms with Gasteiger partial charge in [-0.15, -0.1) is 0 Å². The number of fused-ring (bicyclic) bond motifs is 2. The topological polar surface area (TPSA) is 57.2 Å². The second-order valence-electron chi connectivity index (χ2n) is 9.13. The molecule has 3 aromatic carbocycles. The number of hydrogen-bond donors (Lipinski definition) is 1. The van der Waals surface area contributed by atoms with Gasteiger partial charge in [0.2, 0.25) is 0 Å². The minimum absolute atomic E-state index is 0.0237. The van der Waals surface area contributed by atoms with Crippen LogP contribution in [0.1, 0.15) is 27.8 Å². The lowest BCUT2D eigenvalue weighted by Crippen LogP contribution is -2.53. The Hall–Kier alpha value is -3.80. The third-order valence-corrected chi connectivity index (χ3v) is 6.33. The van der Waals surface area contributed by atoms with Gasteiger partial charge in [-0.3, -0.25) is 0 Å². The zero-order valence-corrected chi connectivity index (χ0v) is 20.0. The van der Waals surface area contributed by atoms with Crippen molar-refractivity contribution in [2.45, 2.75) is 27.3 Å². The number of carbonyl (C=O) groups is 1. The first kappa shape index (κ1) is 22.0. The van der Waals surface area contributed by atoms with Crippen molar-refractivity contribution in [2.75, 3.05) is 26.2 Å². The second-order valence-corrected chi connectivity index (χ2v) is 9.13. The maximum atomic E-state index is 12.8. The quantitative estimate of drug-likeness (QED) is 0.570. The normalized spacial score (nSPS) is 15.0. The number of aryl methyl sites for hydroxylation is 3. The molecule has 0 saturated carbocycles. The molecule has 6 heteroatoms. The summed E-state index contributed by atoms with van der Waals surface area (Å²) in [4.78, 5) is 22.0. The van der Waals surface area contributed by atoms with E-state index in [0.29, 0.717) is 32.7 Å². The molecule has 0 spiro atoms. The fourth-order valence-corrected chi connectivity index (χ4v) is 4.47. The fourth-order valence-electron chi connectivity index (χ4n) is 4.47. The predicted molar refractivity (Wildman–Crippen MR) is 135 cm³/mol. The largest absolute Gasteiger partial charge is 0.454 e. The van der Waals surface area contributed by atoms with Crippen molar-refractivity contribution in [3.8, 4) is 11.5 Å². The van der Waals surface area contributed by atoms with Gasteiger partial charge in [0.15, 0.2) is 5.75 Å². The molecule has 6 nitrogen and oxygen atoms in total. The minimum Gasteiger partial charge on any atom is -0.454 e. The molecule has 0 aromatic heterocycles. The van der Waals surface area contributed by atoms with E-state index in [4.69, 9.17) is 9.73 Å². The summed E-state index contributed by atoms with van der Waals surface area (Å²) in [5.41, 5.74) is 6.42. The van der Waals surface area contributed by atoms with Crippen LogP contribution in [0.4, 0.5) is 10.5 Å². The first-order chi connectivity index (χ1) is 16.5. The number of amides is 2. The van der Waals surface area contributed by atoms with Crippen molar-refractivity contribution >= 4 is 17.6 Å². The highest BCUT2D eigenvalue weighted by Crippen LogP contribution is 2.39. The molecule has 0 unspecified atom stereocenters. The number of aliphatic imine (C=N–C) groups is 1. The van der Waals surface area contributed by atoms with Gasteiger partial charge in [0.05, 0.1) is 5.56 Å². The van der Waals surface area contributed by atoms with Gasteiger partial charge < -0.3 is 19.9 Å². The van der Waals surface area contributed by atoms with Crippen molar-refractivity contribution < 1.29 is 9.53 Å². The summed E-state index contributed by atoms with van der Waals surface area (Å²) < 4.78 is 6.29. The van der Waals surface area contributed by atoms with Gasteiger partial charge in [-0.05, 0) is 56.2 Å². The summed E-state index contributed by atoms with van der Waals surface area (Å²) in [6, 6.07) is 20.5. The Morgan fingerprint density at radius 1 is 0.882 bits per heavy atom. The lowest BCUT2D eigenvalue weighted by molar-refractivity contribution is 0.169. The summed E-state index contributed by atoms with van der Waals surface area (Å²) in [7, 11) is 0. The van der Waals surface area contributed by atoms with Gasteiger partial charge in [-0.2, -0.15) is 0 Å². The van der Waals surface area contributed by atoms with Crippen LogP contribution in [0.5, 0.6) is 11.5 Å².